The molecule has 0 bridgehead atoms. The van der Waals surface area contributed by atoms with Gasteiger partial charge in [-0.1, -0.05) is 362 Å². The highest BCUT2D eigenvalue weighted by Crippen LogP contribution is 2.45. The molecule has 5 atom stereocenters. The lowest BCUT2D eigenvalue weighted by atomic mass is 10.0. The SMILES string of the molecule is CCCCCCCCCCCCCCCCCCCC(=O)OC[C@H](COP(=O)(O)OC[C@@H](O)COP(=O)(O)OC[C@@H](COC(=O)CCCCCCCCCC(C)C)OC(=O)CCCCCCCCCCCCCCC)OC(=O)CCCCCCCCCCCCCCCCCCC. The lowest BCUT2D eigenvalue weighted by Crippen LogP contribution is -2.30. The van der Waals surface area contributed by atoms with Crippen molar-refractivity contribution >= 4 is 39.5 Å². The van der Waals surface area contributed by atoms with Crippen molar-refractivity contribution in [3.05, 3.63) is 0 Å². The largest absolute Gasteiger partial charge is 0.472 e. The van der Waals surface area contributed by atoms with Crippen molar-refractivity contribution in [1.82, 2.24) is 0 Å². The van der Waals surface area contributed by atoms with Gasteiger partial charge >= 0.3 is 39.5 Å². The van der Waals surface area contributed by atoms with E-state index in [0.29, 0.717) is 31.6 Å². The van der Waals surface area contributed by atoms with Gasteiger partial charge in [-0.3, -0.25) is 37.3 Å². The molecule has 0 aliphatic rings. The Hall–Kier alpha value is -1.94. The number of rotatable bonds is 78. The number of carbonyl (C=O) groups excluding carboxylic acids is 4. The Labute approximate surface area is 594 Å². The zero-order valence-electron chi connectivity index (χ0n) is 63.2. The monoisotopic (exact) mass is 1420 g/mol. The summed E-state index contributed by atoms with van der Waals surface area (Å²) < 4.78 is 68.6. The molecule has 0 aliphatic heterocycles. The standard InChI is InChI=1S/C78H152O17P2/c1-6-9-12-15-18-21-24-27-29-31-33-36-38-41-46-51-56-61-75(80)88-67-73(94-78(83)64-59-54-48-43-40-37-34-32-30-28-25-22-19-16-13-10-7-2)69-92-96(84,85)90-65-72(79)66-91-97(86,87)93-70-74(68-89-76(81)62-57-52-49-44-45-50-55-60-71(4)5)95-77(82)63-58-53-47-42-39-35-26-23-20-17-14-11-8-3/h71-74,79H,6-70H2,1-5H3,(H,84,85)(H,86,87)/t72-,73-,74-/m1/s1. The highest BCUT2D eigenvalue weighted by molar-refractivity contribution is 7.47. The molecule has 3 N–H and O–H groups in total. The normalized spacial score (nSPS) is 13.9. The Morgan fingerprint density at radius 1 is 0.278 bits per heavy atom. The van der Waals surface area contributed by atoms with E-state index in [2.05, 4.69) is 34.6 Å². The van der Waals surface area contributed by atoms with E-state index in [4.69, 9.17) is 37.0 Å². The summed E-state index contributed by atoms with van der Waals surface area (Å²) in [5, 5.41) is 10.6. The maximum Gasteiger partial charge on any atom is 0.472 e. The fraction of sp³-hybridized carbons (Fsp3) is 0.949. The Balaban J connectivity index is 5.24. The van der Waals surface area contributed by atoms with E-state index < -0.39 is 97.5 Å². The van der Waals surface area contributed by atoms with Crippen LogP contribution in [-0.2, 0) is 65.4 Å². The average Bonchev–Trinajstić information content (AvgIpc) is 1.10. The third kappa shape index (κ3) is 72.2. The van der Waals surface area contributed by atoms with Crippen molar-refractivity contribution in [2.45, 2.75) is 432 Å². The van der Waals surface area contributed by atoms with Crippen molar-refractivity contribution < 1.29 is 80.2 Å². The number of unbranched alkanes of at least 4 members (excludes halogenated alkanes) is 50. The smallest absolute Gasteiger partial charge is 0.462 e. The van der Waals surface area contributed by atoms with Gasteiger partial charge in [0.25, 0.3) is 0 Å². The van der Waals surface area contributed by atoms with Crippen LogP contribution in [0.25, 0.3) is 0 Å². The predicted octanol–water partition coefficient (Wildman–Crippen LogP) is 23.3. The van der Waals surface area contributed by atoms with Crippen LogP contribution in [0, 0.1) is 5.92 Å². The molecule has 17 nitrogen and oxygen atoms in total. The summed E-state index contributed by atoms with van der Waals surface area (Å²) in [6.45, 7) is 7.26. The molecule has 0 aliphatic carbocycles. The first kappa shape index (κ1) is 95.1. The quantitative estimate of drug-likeness (QED) is 0.0222. The predicted molar refractivity (Wildman–Crippen MR) is 395 cm³/mol. The minimum Gasteiger partial charge on any atom is -0.462 e. The number of carbonyl (C=O) groups is 4. The molecule has 0 heterocycles. The second kappa shape index (κ2) is 71.1. The van der Waals surface area contributed by atoms with Gasteiger partial charge in [-0.05, 0) is 31.6 Å². The lowest BCUT2D eigenvalue weighted by molar-refractivity contribution is -0.161. The summed E-state index contributed by atoms with van der Waals surface area (Å²) in [4.78, 5) is 72.9. The topological polar surface area (TPSA) is 237 Å². The van der Waals surface area contributed by atoms with Gasteiger partial charge in [-0.2, -0.15) is 0 Å². The number of phosphoric acid groups is 2. The van der Waals surface area contributed by atoms with Crippen LogP contribution in [0.15, 0.2) is 0 Å². The number of aliphatic hydroxyl groups excluding tert-OH is 1. The number of ether oxygens (including phenoxy) is 4. The van der Waals surface area contributed by atoms with Crippen molar-refractivity contribution in [3.63, 3.8) is 0 Å². The van der Waals surface area contributed by atoms with Crippen LogP contribution in [0.5, 0.6) is 0 Å². The van der Waals surface area contributed by atoms with Crippen LogP contribution in [0.1, 0.15) is 413 Å². The van der Waals surface area contributed by atoms with Crippen molar-refractivity contribution in [2.75, 3.05) is 39.6 Å². The molecule has 0 rings (SSSR count). The van der Waals surface area contributed by atoms with Gasteiger partial charge in [-0.15, -0.1) is 0 Å². The fourth-order valence-electron chi connectivity index (χ4n) is 12.1. The first-order valence-electron chi connectivity index (χ1n) is 40.6. The third-order valence-corrected chi connectivity index (χ3v) is 20.2. The summed E-state index contributed by atoms with van der Waals surface area (Å²) in [5.41, 5.74) is 0. The molecule has 0 spiro atoms. The third-order valence-electron chi connectivity index (χ3n) is 18.3. The summed E-state index contributed by atoms with van der Waals surface area (Å²) in [5.74, 6) is -1.40. The Morgan fingerprint density at radius 2 is 0.474 bits per heavy atom. The Kier molecular flexibility index (Phi) is 69.6. The van der Waals surface area contributed by atoms with E-state index in [0.717, 1.165) is 96.3 Å². The Bertz CT molecular complexity index is 1860. The second-order valence-corrected chi connectivity index (χ2v) is 31.5. The summed E-state index contributed by atoms with van der Waals surface area (Å²) in [6, 6.07) is 0. The maximum absolute atomic E-state index is 13.1. The van der Waals surface area contributed by atoms with Gasteiger partial charge in [0.05, 0.1) is 26.4 Å². The first-order valence-corrected chi connectivity index (χ1v) is 43.6. The van der Waals surface area contributed by atoms with E-state index in [1.54, 1.807) is 0 Å². The van der Waals surface area contributed by atoms with Gasteiger partial charge < -0.3 is 33.8 Å². The van der Waals surface area contributed by atoms with Crippen LogP contribution in [0.2, 0.25) is 0 Å². The van der Waals surface area contributed by atoms with Gasteiger partial charge in [0.2, 0.25) is 0 Å². The molecular formula is C78H152O17P2. The van der Waals surface area contributed by atoms with Crippen LogP contribution < -0.4 is 0 Å². The molecule has 0 aromatic carbocycles. The second-order valence-electron chi connectivity index (χ2n) is 28.6. The zero-order valence-corrected chi connectivity index (χ0v) is 65.0. The van der Waals surface area contributed by atoms with Crippen molar-refractivity contribution in [3.8, 4) is 0 Å². The van der Waals surface area contributed by atoms with E-state index in [1.165, 1.54) is 231 Å². The Morgan fingerprint density at radius 3 is 0.701 bits per heavy atom. The van der Waals surface area contributed by atoms with Crippen molar-refractivity contribution in [2.24, 2.45) is 5.92 Å². The fourth-order valence-corrected chi connectivity index (χ4v) is 13.6. The molecule has 0 amide bonds. The van der Waals surface area contributed by atoms with E-state index >= 15 is 0 Å². The minimum atomic E-state index is -4.96. The van der Waals surface area contributed by atoms with Gasteiger partial charge in [0, 0.05) is 25.7 Å². The maximum atomic E-state index is 13.1. The molecular weight excluding hydrogens is 1270 g/mol. The molecule has 576 valence electrons. The highest BCUT2D eigenvalue weighted by Gasteiger charge is 2.30. The van der Waals surface area contributed by atoms with Crippen LogP contribution >= 0.6 is 15.6 Å². The van der Waals surface area contributed by atoms with E-state index in [9.17, 15) is 43.2 Å². The van der Waals surface area contributed by atoms with Gasteiger partial charge in [-0.25, -0.2) is 9.13 Å². The molecule has 0 saturated heterocycles. The molecule has 0 aromatic rings. The molecule has 0 saturated carbocycles. The number of hydrogen-bond acceptors (Lipinski definition) is 15. The van der Waals surface area contributed by atoms with E-state index in [1.807, 2.05) is 0 Å². The highest BCUT2D eigenvalue weighted by atomic mass is 31.2. The molecule has 19 heteroatoms. The molecule has 0 fully saturated rings. The first-order chi connectivity index (χ1) is 47.0. The summed E-state index contributed by atoms with van der Waals surface area (Å²) in [7, 11) is -9.91. The lowest BCUT2D eigenvalue weighted by Gasteiger charge is -2.21. The molecule has 0 aromatic heterocycles. The van der Waals surface area contributed by atoms with Gasteiger partial charge in [0.15, 0.2) is 12.2 Å². The van der Waals surface area contributed by atoms with Crippen molar-refractivity contribution in [1.29, 1.82) is 0 Å². The van der Waals surface area contributed by atoms with Crippen LogP contribution in [0.4, 0.5) is 0 Å². The molecule has 0 radical (unpaired) electrons. The minimum absolute atomic E-state index is 0.107. The number of hydrogen-bond donors (Lipinski definition) is 3. The number of aliphatic hydroxyl groups is 1. The molecule has 97 heavy (non-hydrogen) atoms. The summed E-state index contributed by atoms with van der Waals surface area (Å²) in [6.07, 6.45) is 61.0. The number of esters is 4. The zero-order chi connectivity index (χ0) is 71.2. The van der Waals surface area contributed by atoms with Crippen LogP contribution in [0.3, 0.4) is 0 Å². The summed E-state index contributed by atoms with van der Waals surface area (Å²) >= 11 is 0. The van der Waals surface area contributed by atoms with Crippen LogP contribution in [-0.4, -0.2) is 96.7 Å². The molecule has 2 unspecified atom stereocenters. The van der Waals surface area contributed by atoms with Gasteiger partial charge in [0.1, 0.15) is 19.3 Å². The number of phosphoric ester groups is 2. The van der Waals surface area contributed by atoms with E-state index in [-0.39, 0.29) is 25.7 Å². The average molecular weight is 1420 g/mol.